The SMILES string of the molecule is Cc1nnc(CN=C(NCCCN2CCOCC2)N2CCc3c(F)cc(F)cc3C2)n1C.I. The number of aliphatic imine (C=N–C) groups is 1. The molecule has 2 aromatic rings. The van der Waals surface area contributed by atoms with Gasteiger partial charge in [0.15, 0.2) is 11.8 Å². The van der Waals surface area contributed by atoms with Gasteiger partial charge < -0.3 is 19.5 Å². The Morgan fingerprint density at radius 3 is 2.70 bits per heavy atom. The molecule has 2 aliphatic rings. The Morgan fingerprint density at radius 2 is 1.97 bits per heavy atom. The molecule has 0 aliphatic carbocycles. The Bertz CT molecular complexity index is 962. The Hall–Kier alpha value is -1.86. The summed E-state index contributed by atoms with van der Waals surface area (Å²) in [7, 11) is 1.91. The van der Waals surface area contributed by atoms with Crippen molar-refractivity contribution in [3.05, 3.63) is 46.5 Å². The van der Waals surface area contributed by atoms with E-state index >= 15 is 0 Å². The summed E-state index contributed by atoms with van der Waals surface area (Å²) in [6.07, 6.45) is 1.48. The molecule has 1 aromatic carbocycles. The van der Waals surface area contributed by atoms with Gasteiger partial charge in [-0.05, 0) is 43.5 Å². The molecular formula is C22H32F2IN7O. The van der Waals surface area contributed by atoms with Gasteiger partial charge in [-0.25, -0.2) is 13.8 Å². The van der Waals surface area contributed by atoms with Crippen molar-refractivity contribution in [2.45, 2.75) is 32.9 Å². The van der Waals surface area contributed by atoms with E-state index in [1.54, 1.807) is 0 Å². The normalized spacial score (nSPS) is 17.0. The number of aryl methyl sites for hydroxylation is 1. The minimum absolute atomic E-state index is 0. The number of guanidine groups is 1. The third kappa shape index (κ3) is 6.60. The maximum absolute atomic E-state index is 14.2. The molecular weight excluding hydrogens is 543 g/mol. The van der Waals surface area contributed by atoms with Crippen LogP contribution >= 0.6 is 24.0 Å². The fourth-order valence-corrected chi connectivity index (χ4v) is 4.12. The van der Waals surface area contributed by atoms with Crippen LogP contribution in [0.5, 0.6) is 0 Å². The Balaban J connectivity index is 0.00000306. The van der Waals surface area contributed by atoms with E-state index in [-0.39, 0.29) is 24.0 Å². The highest BCUT2D eigenvalue weighted by atomic mass is 127. The number of aromatic nitrogens is 3. The Labute approximate surface area is 210 Å². The summed E-state index contributed by atoms with van der Waals surface area (Å²) in [6.45, 7) is 8.56. The molecule has 0 saturated carbocycles. The lowest BCUT2D eigenvalue weighted by molar-refractivity contribution is 0.0375. The smallest absolute Gasteiger partial charge is 0.194 e. The standard InChI is InChI=1S/C22H31F2N7O.HI/c1-16-27-28-21(29(16)2)14-26-22(25-5-3-6-30-8-10-32-11-9-30)31-7-4-19-17(15-31)12-18(23)13-20(19)24;/h12-13H,3-11,14-15H2,1-2H3,(H,25,26);1H. The number of ether oxygens (including phenoxy) is 1. The van der Waals surface area contributed by atoms with Crippen molar-refractivity contribution in [3.8, 4) is 0 Å². The van der Waals surface area contributed by atoms with Crippen molar-refractivity contribution in [3.63, 3.8) is 0 Å². The van der Waals surface area contributed by atoms with E-state index in [9.17, 15) is 8.78 Å². The number of fused-ring (bicyclic) bond motifs is 1. The molecule has 4 rings (SSSR count). The zero-order valence-corrected chi connectivity index (χ0v) is 21.5. The lowest BCUT2D eigenvalue weighted by Gasteiger charge is -2.32. The van der Waals surface area contributed by atoms with Crippen molar-refractivity contribution < 1.29 is 13.5 Å². The number of halogens is 3. The first-order valence-corrected chi connectivity index (χ1v) is 11.2. The molecule has 0 bridgehead atoms. The molecule has 2 aliphatic heterocycles. The van der Waals surface area contributed by atoms with Crippen LogP contribution in [0.3, 0.4) is 0 Å². The first-order chi connectivity index (χ1) is 15.5. The zero-order chi connectivity index (χ0) is 22.5. The number of benzene rings is 1. The predicted octanol–water partition coefficient (Wildman–Crippen LogP) is 2.25. The van der Waals surface area contributed by atoms with Crippen molar-refractivity contribution in [1.82, 2.24) is 29.9 Å². The van der Waals surface area contributed by atoms with Crippen LogP contribution in [-0.4, -0.2) is 76.5 Å². The van der Waals surface area contributed by atoms with E-state index in [2.05, 4.69) is 25.3 Å². The summed E-state index contributed by atoms with van der Waals surface area (Å²) in [5.74, 6) is 1.31. The summed E-state index contributed by atoms with van der Waals surface area (Å²) in [5, 5.41) is 11.7. The van der Waals surface area contributed by atoms with Gasteiger partial charge in [0.05, 0.1) is 13.2 Å². The summed E-state index contributed by atoms with van der Waals surface area (Å²) >= 11 is 0. The monoisotopic (exact) mass is 575 g/mol. The summed E-state index contributed by atoms with van der Waals surface area (Å²) in [6, 6.07) is 2.39. The molecule has 8 nitrogen and oxygen atoms in total. The molecule has 1 aromatic heterocycles. The average Bonchev–Trinajstić information content (AvgIpc) is 3.11. The highest BCUT2D eigenvalue weighted by Gasteiger charge is 2.23. The quantitative estimate of drug-likeness (QED) is 0.247. The van der Waals surface area contributed by atoms with E-state index in [4.69, 9.17) is 9.73 Å². The van der Waals surface area contributed by atoms with Gasteiger partial charge in [-0.1, -0.05) is 0 Å². The average molecular weight is 575 g/mol. The fraction of sp³-hybridized carbons (Fsp3) is 0.591. The van der Waals surface area contributed by atoms with Gasteiger partial charge in [-0.2, -0.15) is 0 Å². The van der Waals surface area contributed by atoms with E-state index in [1.165, 1.54) is 6.07 Å². The molecule has 11 heteroatoms. The topological polar surface area (TPSA) is 70.8 Å². The van der Waals surface area contributed by atoms with E-state index in [0.717, 1.165) is 69.5 Å². The second-order valence-corrected chi connectivity index (χ2v) is 8.29. The molecule has 0 amide bonds. The van der Waals surface area contributed by atoms with Crippen LogP contribution in [0.15, 0.2) is 17.1 Å². The molecule has 1 fully saturated rings. The lowest BCUT2D eigenvalue weighted by Crippen LogP contribution is -2.45. The lowest BCUT2D eigenvalue weighted by atomic mass is 9.99. The van der Waals surface area contributed by atoms with Crippen LogP contribution in [0.1, 0.15) is 29.2 Å². The molecule has 0 radical (unpaired) electrons. The minimum atomic E-state index is -0.547. The van der Waals surface area contributed by atoms with Crippen LogP contribution in [0.4, 0.5) is 8.78 Å². The fourth-order valence-electron chi connectivity index (χ4n) is 4.12. The molecule has 0 atom stereocenters. The van der Waals surface area contributed by atoms with Gasteiger partial charge in [0, 0.05) is 45.8 Å². The number of hydrogen-bond acceptors (Lipinski definition) is 5. The summed E-state index contributed by atoms with van der Waals surface area (Å²) in [5.41, 5.74) is 1.27. The largest absolute Gasteiger partial charge is 0.379 e. The second kappa shape index (κ2) is 12.0. The van der Waals surface area contributed by atoms with Crippen LogP contribution < -0.4 is 5.32 Å². The summed E-state index contributed by atoms with van der Waals surface area (Å²) < 4.78 is 35.3. The molecule has 182 valence electrons. The third-order valence-corrected chi connectivity index (χ3v) is 6.14. The molecule has 3 heterocycles. The Morgan fingerprint density at radius 1 is 1.18 bits per heavy atom. The van der Waals surface area contributed by atoms with Gasteiger partial charge >= 0.3 is 0 Å². The minimum Gasteiger partial charge on any atom is -0.379 e. The van der Waals surface area contributed by atoms with Gasteiger partial charge in [-0.15, -0.1) is 34.2 Å². The number of nitrogens with zero attached hydrogens (tertiary/aromatic N) is 6. The van der Waals surface area contributed by atoms with Crippen LogP contribution in [-0.2, 0) is 31.3 Å². The van der Waals surface area contributed by atoms with Crippen molar-refractivity contribution >= 4 is 29.9 Å². The highest BCUT2D eigenvalue weighted by molar-refractivity contribution is 14.0. The van der Waals surface area contributed by atoms with Crippen molar-refractivity contribution in [2.75, 3.05) is 45.9 Å². The highest BCUT2D eigenvalue weighted by Crippen LogP contribution is 2.23. The molecule has 33 heavy (non-hydrogen) atoms. The first kappa shape index (κ1) is 25.8. The number of hydrogen-bond donors (Lipinski definition) is 1. The first-order valence-electron chi connectivity index (χ1n) is 11.2. The van der Waals surface area contributed by atoms with Crippen LogP contribution in [0, 0.1) is 18.6 Å². The van der Waals surface area contributed by atoms with Gasteiger partial charge in [-0.3, -0.25) is 4.90 Å². The Kier molecular flexibility index (Phi) is 9.38. The number of rotatable bonds is 6. The van der Waals surface area contributed by atoms with Crippen molar-refractivity contribution in [1.29, 1.82) is 0 Å². The second-order valence-electron chi connectivity index (χ2n) is 8.29. The van der Waals surface area contributed by atoms with Crippen LogP contribution in [0.25, 0.3) is 0 Å². The van der Waals surface area contributed by atoms with Crippen LogP contribution in [0.2, 0.25) is 0 Å². The van der Waals surface area contributed by atoms with E-state index in [0.29, 0.717) is 37.2 Å². The van der Waals surface area contributed by atoms with Gasteiger partial charge in [0.25, 0.3) is 0 Å². The maximum Gasteiger partial charge on any atom is 0.194 e. The molecule has 0 spiro atoms. The van der Waals surface area contributed by atoms with E-state index in [1.807, 2.05) is 18.5 Å². The van der Waals surface area contributed by atoms with E-state index < -0.39 is 11.6 Å². The molecule has 0 unspecified atom stereocenters. The van der Waals surface area contributed by atoms with Crippen molar-refractivity contribution in [2.24, 2.45) is 12.0 Å². The predicted molar refractivity (Wildman–Crippen MR) is 133 cm³/mol. The third-order valence-electron chi connectivity index (χ3n) is 6.14. The molecule has 1 saturated heterocycles. The molecule has 1 N–H and O–H groups in total. The maximum atomic E-state index is 14.2. The summed E-state index contributed by atoms with van der Waals surface area (Å²) in [4.78, 5) is 9.23. The number of morpholine rings is 1. The van der Waals surface area contributed by atoms with Gasteiger partial charge in [0.2, 0.25) is 0 Å². The van der Waals surface area contributed by atoms with Gasteiger partial charge in [0.1, 0.15) is 24.0 Å². The number of nitrogens with one attached hydrogen (secondary N) is 1. The zero-order valence-electron chi connectivity index (χ0n) is 19.2.